The Morgan fingerprint density at radius 1 is 1.09 bits per heavy atom. The second-order valence-corrected chi connectivity index (χ2v) is 5.78. The van der Waals surface area contributed by atoms with E-state index in [4.69, 9.17) is 0 Å². The molecule has 0 spiro atoms. The minimum absolute atomic E-state index is 0.561. The summed E-state index contributed by atoms with van der Waals surface area (Å²) in [5.74, 6) is 0. The van der Waals surface area contributed by atoms with Crippen molar-refractivity contribution in [2.24, 2.45) is 7.05 Å². The summed E-state index contributed by atoms with van der Waals surface area (Å²) in [4.78, 5) is 0. The molecule has 0 aliphatic heterocycles. The standard InChI is InChI=1S/C19H19FN2/c1-12-10-13(2)18(14(3)11-12)16-7-5-6-15-17(8-9-20)22(4)21-19(15)16/h5-11H,1-4H3/b9-8+. The third-order valence-electron chi connectivity index (χ3n) is 4.08. The van der Waals surface area contributed by atoms with Crippen LogP contribution in [-0.4, -0.2) is 9.78 Å². The summed E-state index contributed by atoms with van der Waals surface area (Å²) in [6, 6.07) is 10.5. The average Bonchev–Trinajstić information content (AvgIpc) is 2.76. The van der Waals surface area contributed by atoms with E-state index in [1.807, 2.05) is 19.2 Å². The van der Waals surface area contributed by atoms with Gasteiger partial charge in [-0.3, -0.25) is 4.68 Å². The monoisotopic (exact) mass is 294 g/mol. The van der Waals surface area contributed by atoms with Crippen LogP contribution in [0.3, 0.4) is 0 Å². The molecule has 22 heavy (non-hydrogen) atoms. The van der Waals surface area contributed by atoms with Gasteiger partial charge in [0.2, 0.25) is 0 Å². The van der Waals surface area contributed by atoms with E-state index in [0.29, 0.717) is 6.33 Å². The highest BCUT2D eigenvalue weighted by Crippen LogP contribution is 2.34. The maximum absolute atomic E-state index is 12.6. The van der Waals surface area contributed by atoms with Crippen molar-refractivity contribution in [3.05, 3.63) is 59.0 Å². The number of aromatic nitrogens is 2. The van der Waals surface area contributed by atoms with Gasteiger partial charge in [0.1, 0.15) is 5.52 Å². The number of benzene rings is 2. The fourth-order valence-electron chi connectivity index (χ4n) is 3.30. The molecule has 0 N–H and O–H groups in total. The zero-order valence-corrected chi connectivity index (χ0v) is 13.3. The molecular weight excluding hydrogens is 275 g/mol. The number of halogens is 1. The predicted molar refractivity (Wildman–Crippen MR) is 90.5 cm³/mol. The molecule has 0 aliphatic rings. The molecule has 0 fully saturated rings. The first-order valence-electron chi connectivity index (χ1n) is 7.33. The largest absolute Gasteiger partial charge is 0.267 e. The number of hydrogen-bond donors (Lipinski definition) is 0. The molecule has 112 valence electrons. The molecule has 1 aromatic heterocycles. The summed E-state index contributed by atoms with van der Waals surface area (Å²) in [5.41, 5.74) is 7.73. The van der Waals surface area contributed by atoms with E-state index in [2.05, 4.69) is 44.1 Å². The average molecular weight is 294 g/mol. The summed E-state index contributed by atoms with van der Waals surface area (Å²) in [7, 11) is 1.84. The molecule has 0 aliphatic carbocycles. The van der Waals surface area contributed by atoms with Gasteiger partial charge in [0, 0.05) is 18.0 Å². The summed E-state index contributed by atoms with van der Waals surface area (Å²) >= 11 is 0. The van der Waals surface area contributed by atoms with Crippen molar-refractivity contribution in [2.45, 2.75) is 20.8 Å². The maximum atomic E-state index is 12.6. The molecule has 0 bridgehead atoms. The van der Waals surface area contributed by atoms with E-state index in [0.717, 1.165) is 22.2 Å². The van der Waals surface area contributed by atoms with Gasteiger partial charge in [0.25, 0.3) is 0 Å². The highest BCUT2D eigenvalue weighted by atomic mass is 19.1. The molecule has 3 rings (SSSR count). The van der Waals surface area contributed by atoms with Crippen LogP contribution < -0.4 is 0 Å². The molecule has 0 atom stereocenters. The van der Waals surface area contributed by atoms with Crippen LogP contribution in [0.1, 0.15) is 22.4 Å². The summed E-state index contributed by atoms with van der Waals surface area (Å²) < 4.78 is 14.4. The Balaban J connectivity index is 2.36. The summed E-state index contributed by atoms with van der Waals surface area (Å²) in [6.07, 6.45) is 2.01. The zero-order valence-electron chi connectivity index (χ0n) is 13.3. The van der Waals surface area contributed by atoms with Gasteiger partial charge in [-0.2, -0.15) is 5.10 Å². The fraction of sp³-hybridized carbons (Fsp3) is 0.211. The smallest absolute Gasteiger partial charge is 0.101 e. The number of fused-ring (bicyclic) bond motifs is 1. The van der Waals surface area contributed by atoms with Gasteiger partial charge in [-0.25, -0.2) is 4.39 Å². The lowest BCUT2D eigenvalue weighted by atomic mass is 9.92. The third kappa shape index (κ3) is 2.23. The van der Waals surface area contributed by atoms with Crippen LogP contribution >= 0.6 is 0 Å². The first-order valence-corrected chi connectivity index (χ1v) is 7.33. The summed E-state index contributed by atoms with van der Waals surface area (Å²) in [5, 5.41) is 5.58. The highest BCUT2D eigenvalue weighted by Gasteiger charge is 2.14. The summed E-state index contributed by atoms with van der Waals surface area (Å²) in [6.45, 7) is 6.36. The fourth-order valence-corrected chi connectivity index (χ4v) is 3.30. The third-order valence-corrected chi connectivity index (χ3v) is 4.08. The maximum Gasteiger partial charge on any atom is 0.101 e. The second-order valence-electron chi connectivity index (χ2n) is 5.78. The SMILES string of the molecule is Cc1cc(C)c(-c2cccc3c(/C=C/F)n(C)nc23)c(C)c1. The van der Waals surface area contributed by atoms with Crippen molar-refractivity contribution in [1.29, 1.82) is 0 Å². The van der Waals surface area contributed by atoms with Gasteiger partial charge in [0.15, 0.2) is 0 Å². The van der Waals surface area contributed by atoms with Crippen LogP contribution in [0.4, 0.5) is 4.39 Å². The molecule has 0 unspecified atom stereocenters. The number of aryl methyl sites for hydroxylation is 4. The number of nitrogens with zero attached hydrogens (tertiary/aromatic N) is 2. The lowest BCUT2D eigenvalue weighted by Crippen LogP contribution is -1.93. The first-order chi connectivity index (χ1) is 10.5. The second kappa shape index (κ2) is 5.41. The highest BCUT2D eigenvalue weighted by molar-refractivity contribution is 5.98. The van der Waals surface area contributed by atoms with Crippen molar-refractivity contribution >= 4 is 17.0 Å². The van der Waals surface area contributed by atoms with Crippen LogP contribution in [-0.2, 0) is 7.05 Å². The van der Waals surface area contributed by atoms with E-state index in [1.54, 1.807) is 4.68 Å². The minimum atomic E-state index is 0.561. The van der Waals surface area contributed by atoms with Crippen molar-refractivity contribution in [1.82, 2.24) is 9.78 Å². The Kier molecular flexibility index (Phi) is 3.57. The molecule has 0 saturated carbocycles. The Morgan fingerprint density at radius 2 is 1.77 bits per heavy atom. The Hall–Kier alpha value is -2.42. The van der Waals surface area contributed by atoms with Crippen molar-refractivity contribution in [3.8, 4) is 11.1 Å². The molecule has 3 heteroatoms. The topological polar surface area (TPSA) is 17.8 Å². The molecule has 0 amide bonds. The van der Waals surface area contributed by atoms with E-state index in [9.17, 15) is 4.39 Å². The molecule has 0 saturated heterocycles. The van der Waals surface area contributed by atoms with Crippen LogP contribution in [0, 0.1) is 20.8 Å². The molecule has 2 nitrogen and oxygen atoms in total. The van der Waals surface area contributed by atoms with Gasteiger partial charge in [0.05, 0.1) is 12.0 Å². The predicted octanol–water partition coefficient (Wildman–Crippen LogP) is 5.11. The van der Waals surface area contributed by atoms with E-state index in [1.165, 1.54) is 28.3 Å². The van der Waals surface area contributed by atoms with Crippen molar-refractivity contribution in [3.63, 3.8) is 0 Å². The Bertz CT molecular complexity index is 865. The van der Waals surface area contributed by atoms with Crippen molar-refractivity contribution < 1.29 is 4.39 Å². The van der Waals surface area contributed by atoms with Crippen molar-refractivity contribution in [2.75, 3.05) is 0 Å². The van der Waals surface area contributed by atoms with Crippen LogP contribution in [0.15, 0.2) is 36.7 Å². The first kappa shape index (κ1) is 14.5. The Labute approximate surface area is 129 Å². The number of hydrogen-bond acceptors (Lipinski definition) is 1. The van der Waals surface area contributed by atoms with Gasteiger partial charge in [-0.15, -0.1) is 0 Å². The van der Waals surface area contributed by atoms with E-state index >= 15 is 0 Å². The lowest BCUT2D eigenvalue weighted by Gasteiger charge is -2.12. The molecule has 1 heterocycles. The zero-order chi connectivity index (χ0) is 15.9. The molecule has 2 aromatic carbocycles. The molecule has 0 radical (unpaired) electrons. The van der Waals surface area contributed by atoms with Gasteiger partial charge in [-0.1, -0.05) is 35.9 Å². The van der Waals surface area contributed by atoms with E-state index in [-0.39, 0.29) is 0 Å². The van der Waals surface area contributed by atoms with Gasteiger partial charge < -0.3 is 0 Å². The Morgan fingerprint density at radius 3 is 2.41 bits per heavy atom. The van der Waals surface area contributed by atoms with Crippen LogP contribution in [0.5, 0.6) is 0 Å². The number of rotatable bonds is 2. The van der Waals surface area contributed by atoms with Gasteiger partial charge in [-0.05, 0) is 43.5 Å². The van der Waals surface area contributed by atoms with E-state index < -0.39 is 0 Å². The normalized spacial score (nSPS) is 11.7. The quantitative estimate of drug-likeness (QED) is 0.642. The molecular formula is C19H19FN2. The van der Waals surface area contributed by atoms with Crippen LogP contribution in [0.2, 0.25) is 0 Å². The minimum Gasteiger partial charge on any atom is -0.267 e. The van der Waals surface area contributed by atoms with Crippen LogP contribution in [0.25, 0.3) is 28.1 Å². The molecule has 3 aromatic rings. The lowest BCUT2D eigenvalue weighted by molar-refractivity contribution is 0.722. The van der Waals surface area contributed by atoms with Gasteiger partial charge >= 0.3 is 0 Å².